The Morgan fingerprint density at radius 2 is 2.44 bits per heavy atom. The zero-order chi connectivity index (χ0) is 11.0. The smallest absolute Gasteiger partial charge is 0.175 e. The minimum atomic E-state index is 0.700. The lowest BCUT2D eigenvalue weighted by Crippen LogP contribution is -2.12. The predicted octanol–water partition coefficient (Wildman–Crippen LogP) is 1.64. The van der Waals surface area contributed by atoms with Crippen molar-refractivity contribution >= 4 is 21.6 Å². The molecule has 0 aliphatic carbocycles. The van der Waals surface area contributed by atoms with Crippen LogP contribution in [-0.4, -0.2) is 27.7 Å². The van der Waals surface area contributed by atoms with E-state index in [1.54, 1.807) is 0 Å². The minimum absolute atomic E-state index is 0.700. The van der Waals surface area contributed by atoms with Crippen molar-refractivity contribution in [1.29, 1.82) is 0 Å². The summed E-state index contributed by atoms with van der Waals surface area (Å²) in [5, 5.41) is 11.9. The summed E-state index contributed by atoms with van der Waals surface area (Å²) in [7, 11) is 0. The van der Waals surface area contributed by atoms with Crippen LogP contribution < -0.4 is 5.32 Å². The minimum Gasteiger partial charge on any atom is -0.316 e. The molecule has 0 radical (unpaired) electrons. The van der Waals surface area contributed by atoms with Gasteiger partial charge in [0.05, 0.1) is 4.47 Å². The van der Waals surface area contributed by atoms with Crippen molar-refractivity contribution in [2.45, 2.75) is 12.8 Å². The van der Waals surface area contributed by atoms with Gasteiger partial charge in [0.2, 0.25) is 0 Å². The molecule has 2 aromatic rings. The van der Waals surface area contributed by atoms with E-state index in [1.165, 1.54) is 6.42 Å². The molecule has 84 valence electrons. The maximum atomic E-state index is 4.27. The number of nitrogens with zero attached hydrogens (tertiary/aromatic N) is 3. The van der Waals surface area contributed by atoms with Crippen molar-refractivity contribution in [3.8, 4) is 0 Å². The van der Waals surface area contributed by atoms with Crippen LogP contribution >= 0.6 is 15.9 Å². The summed E-state index contributed by atoms with van der Waals surface area (Å²) in [5.41, 5.74) is 0.906. The van der Waals surface area contributed by atoms with Crippen LogP contribution in [0.4, 0.5) is 0 Å². The van der Waals surface area contributed by atoms with E-state index in [2.05, 4.69) is 35.8 Å². The molecule has 1 atom stereocenters. The summed E-state index contributed by atoms with van der Waals surface area (Å²) in [6, 6.07) is 4.00. The first kappa shape index (κ1) is 10.2. The highest BCUT2D eigenvalue weighted by Crippen LogP contribution is 2.19. The van der Waals surface area contributed by atoms with Gasteiger partial charge in [-0.05, 0) is 53.5 Å². The second-order valence-electron chi connectivity index (χ2n) is 4.23. The molecule has 3 rings (SSSR count). The largest absolute Gasteiger partial charge is 0.316 e. The van der Waals surface area contributed by atoms with E-state index < -0.39 is 0 Å². The van der Waals surface area contributed by atoms with Crippen molar-refractivity contribution in [3.05, 3.63) is 28.6 Å². The van der Waals surface area contributed by atoms with Crippen molar-refractivity contribution in [1.82, 2.24) is 19.9 Å². The number of hydrogen-bond acceptors (Lipinski definition) is 3. The molecular weight excluding hydrogens is 268 g/mol. The summed E-state index contributed by atoms with van der Waals surface area (Å²) >= 11 is 3.49. The third-order valence-electron chi connectivity index (χ3n) is 3.09. The lowest BCUT2D eigenvalue weighted by atomic mass is 10.1. The molecule has 0 spiro atoms. The fourth-order valence-corrected chi connectivity index (χ4v) is 2.64. The van der Waals surface area contributed by atoms with E-state index in [-0.39, 0.29) is 0 Å². The van der Waals surface area contributed by atoms with Gasteiger partial charge in [-0.25, -0.2) is 0 Å². The molecule has 1 unspecified atom stereocenters. The van der Waals surface area contributed by atoms with Crippen molar-refractivity contribution in [2.24, 2.45) is 5.92 Å². The van der Waals surface area contributed by atoms with Gasteiger partial charge < -0.3 is 5.32 Å². The highest BCUT2D eigenvalue weighted by atomic mass is 79.9. The zero-order valence-electron chi connectivity index (χ0n) is 8.86. The molecule has 1 N–H and O–H groups in total. The number of pyridine rings is 1. The number of hydrogen-bond donors (Lipinski definition) is 1. The molecule has 3 heterocycles. The van der Waals surface area contributed by atoms with Gasteiger partial charge in [0.25, 0.3) is 0 Å². The van der Waals surface area contributed by atoms with E-state index in [0.717, 1.165) is 35.5 Å². The van der Waals surface area contributed by atoms with E-state index in [4.69, 9.17) is 0 Å². The van der Waals surface area contributed by atoms with Crippen molar-refractivity contribution in [3.63, 3.8) is 0 Å². The Labute approximate surface area is 102 Å². The number of aromatic nitrogens is 3. The van der Waals surface area contributed by atoms with E-state index >= 15 is 0 Å². The number of nitrogens with one attached hydrogen (secondary N) is 1. The maximum absolute atomic E-state index is 4.27. The van der Waals surface area contributed by atoms with Crippen LogP contribution in [0.3, 0.4) is 0 Å². The topological polar surface area (TPSA) is 42.2 Å². The first-order chi connectivity index (χ1) is 7.84. The van der Waals surface area contributed by atoms with Gasteiger partial charge in [-0.3, -0.25) is 4.40 Å². The van der Waals surface area contributed by atoms with Gasteiger partial charge in [-0.1, -0.05) is 0 Å². The monoisotopic (exact) mass is 280 g/mol. The van der Waals surface area contributed by atoms with Gasteiger partial charge in [0.1, 0.15) is 5.82 Å². The van der Waals surface area contributed by atoms with Gasteiger partial charge >= 0.3 is 0 Å². The Hall–Kier alpha value is -0.940. The van der Waals surface area contributed by atoms with Gasteiger partial charge in [-0.2, -0.15) is 0 Å². The molecule has 5 heteroatoms. The normalized spacial score (nSPS) is 20.7. The van der Waals surface area contributed by atoms with Crippen LogP contribution in [0.15, 0.2) is 22.8 Å². The molecule has 2 aromatic heterocycles. The maximum Gasteiger partial charge on any atom is 0.175 e. The van der Waals surface area contributed by atoms with Crippen LogP contribution in [0.25, 0.3) is 5.65 Å². The third-order valence-corrected chi connectivity index (χ3v) is 3.71. The molecule has 1 saturated heterocycles. The summed E-state index contributed by atoms with van der Waals surface area (Å²) in [6.07, 6.45) is 4.27. The standard InChI is InChI=1S/C11H13BrN4/c12-9-2-1-5-16-10(14-15-11(9)16)6-8-3-4-13-7-8/h1-2,5,8,13H,3-4,6-7H2. The van der Waals surface area contributed by atoms with Crippen LogP contribution in [0, 0.1) is 5.92 Å². The van der Waals surface area contributed by atoms with E-state index in [9.17, 15) is 0 Å². The number of fused-ring (bicyclic) bond motifs is 1. The third kappa shape index (κ3) is 1.74. The highest BCUT2D eigenvalue weighted by molar-refractivity contribution is 9.10. The Morgan fingerprint density at radius 3 is 3.25 bits per heavy atom. The molecule has 1 aliphatic heterocycles. The van der Waals surface area contributed by atoms with Crippen LogP contribution in [0.5, 0.6) is 0 Å². The molecule has 1 aliphatic rings. The van der Waals surface area contributed by atoms with Gasteiger partial charge in [0, 0.05) is 12.6 Å². The van der Waals surface area contributed by atoms with Crippen molar-refractivity contribution in [2.75, 3.05) is 13.1 Å². The highest BCUT2D eigenvalue weighted by Gasteiger charge is 2.18. The molecule has 16 heavy (non-hydrogen) atoms. The van der Waals surface area contributed by atoms with Gasteiger partial charge in [0.15, 0.2) is 5.65 Å². The molecular formula is C11H13BrN4. The van der Waals surface area contributed by atoms with E-state index in [1.807, 2.05) is 18.3 Å². The Balaban J connectivity index is 1.94. The molecule has 0 amide bonds. The Bertz CT molecular complexity index is 502. The average Bonchev–Trinajstić information content (AvgIpc) is 2.90. The number of halogens is 1. The predicted molar refractivity (Wildman–Crippen MR) is 65.4 cm³/mol. The molecule has 0 saturated carbocycles. The summed E-state index contributed by atoms with van der Waals surface area (Å²) < 4.78 is 3.07. The average molecular weight is 281 g/mol. The Kier molecular flexibility index (Phi) is 2.65. The Morgan fingerprint density at radius 1 is 1.50 bits per heavy atom. The lowest BCUT2D eigenvalue weighted by molar-refractivity contribution is 0.558. The summed E-state index contributed by atoms with van der Waals surface area (Å²) in [6.45, 7) is 2.23. The van der Waals surface area contributed by atoms with Crippen LogP contribution in [0.1, 0.15) is 12.2 Å². The van der Waals surface area contributed by atoms with Crippen molar-refractivity contribution < 1.29 is 0 Å². The lowest BCUT2D eigenvalue weighted by Gasteiger charge is -2.06. The number of rotatable bonds is 2. The first-order valence-electron chi connectivity index (χ1n) is 5.53. The fourth-order valence-electron chi connectivity index (χ4n) is 2.22. The van der Waals surface area contributed by atoms with Crippen LogP contribution in [0.2, 0.25) is 0 Å². The zero-order valence-corrected chi connectivity index (χ0v) is 10.4. The quantitative estimate of drug-likeness (QED) is 0.910. The summed E-state index contributed by atoms with van der Waals surface area (Å²) in [5.74, 6) is 1.76. The summed E-state index contributed by atoms with van der Waals surface area (Å²) in [4.78, 5) is 0. The molecule has 4 nitrogen and oxygen atoms in total. The van der Waals surface area contributed by atoms with Crippen LogP contribution in [-0.2, 0) is 6.42 Å². The molecule has 0 aromatic carbocycles. The fraction of sp³-hybridized carbons (Fsp3) is 0.455. The second-order valence-corrected chi connectivity index (χ2v) is 5.08. The molecule has 1 fully saturated rings. The second kappa shape index (κ2) is 4.14. The SMILES string of the molecule is Brc1cccn2c(CC3CCNC3)nnc12. The van der Waals surface area contributed by atoms with Gasteiger partial charge in [-0.15, -0.1) is 10.2 Å². The first-order valence-corrected chi connectivity index (χ1v) is 6.33. The molecule has 0 bridgehead atoms. The van der Waals surface area contributed by atoms with E-state index in [0.29, 0.717) is 5.92 Å².